The predicted octanol–water partition coefficient (Wildman–Crippen LogP) is 2.44. The third-order valence-corrected chi connectivity index (χ3v) is 5.80. The van der Waals surface area contributed by atoms with Crippen LogP contribution in [0.1, 0.15) is 33.1 Å². The van der Waals surface area contributed by atoms with Gasteiger partial charge in [-0.2, -0.15) is 0 Å². The smallest absolute Gasteiger partial charge is 0.180 e. The summed E-state index contributed by atoms with van der Waals surface area (Å²) in [6.45, 7) is 5.37. The number of benzene rings is 1. The van der Waals surface area contributed by atoms with E-state index in [2.05, 4.69) is 4.90 Å². The second-order valence-electron chi connectivity index (χ2n) is 5.36. The molecular formula is C14H22N2O2S. The quantitative estimate of drug-likeness (QED) is 0.865. The summed E-state index contributed by atoms with van der Waals surface area (Å²) in [5.74, 6) is 0. The lowest BCUT2D eigenvalue weighted by atomic mass is 10.1. The highest BCUT2D eigenvalue weighted by molar-refractivity contribution is 7.92. The fraction of sp³-hybridized carbons (Fsp3) is 0.571. The molecule has 0 aromatic heterocycles. The Balaban J connectivity index is 2.32. The van der Waals surface area contributed by atoms with E-state index in [1.807, 2.05) is 6.07 Å². The second-order valence-corrected chi connectivity index (χ2v) is 7.87. The number of nitrogen functional groups attached to an aromatic ring is 1. The third kappa shape index (κ3) is 2.86. The minimum Gasteiger partial charge on any atom is -0.397 e. The number of anilines is 2. The van der Waals surface area contributed by atoms with Crippen molar-refractivity contribution in [1.82, 2.24) is 0 Å². The molecule has 0 amide bonds. The fourth-order valence-corrected chi connectivity index (χ4v) is 3.50. The molecule has 5 heteroatoms. The van der Waals surface area contributed by atoms with Gasteiger partial charge in [0, 0.05) is 13.1 Å². The minimum absolute atomic E-state index is 0.320. The molecule has 1 aromatic carbocycles. The van der Waals surface area contributed by atoms with Crippen LogP contribution in [-0.2, 0) is 9.84 Å². The normalized spacial score (nSPS) is 16.9. The summed E-state index contributed by atoms with van der Waals surface area (Å²) < 4.78 is 24.2. The van der Waals surface area contributed by atoms with Crippen LogP contribution in [0, 0.1) is 0 Å². The van der Waals surface area contributed by atoms with Crippen molar-refractivity contribution in [3.05, 3.63) is 18.2 Å². The van der Waals surface area contributed by atoms with Crippen LogP contribution in [-0.4, -0.2) is 26.8 Å². The van der Waals surface area contributed by atoms with Crippen LogP contribution in [0.5, 0.6) is 0 Å². The maximum Gasteiger partial charge on any atom is 0.180 e. The average Bonchev–Trinajstić information content (AvgIpc) is 2.39. The maximum atomic E-state index is 12.1. The Morgan fingerprint density at radius 1 is 1.16 bits per heavy atom. The van der Waals surface area contributed by atoms with E-state index in [1.165, 1.54) is 19.3 Å². The van der Waals surface area contributed by atoms with Crippen LogP contribution in [0.4, 0.5) is 11.4 Å². The lowest BCUT2D eigenvalue weighted by Gasteiger charge is -2.30. The van der Waals surface area contributed by atoms with Gasteiger partial charge in [0.05, 0.1) is 21.5 Å². The van der Waals surface area contributed by atoms with Crippen molar-refractivity contribution < 1.29 is 8.42 Å². The summed E-state index contributed by atoms with van der Waals surface area (Å²) in [4.78, 5) is 2.56. The van der Waals surface area contributed by atoms with Gasteiger partial charge < -0.3 is 10.6 Å². The van der Waals surface area contributed by atoms with Crippen molar-refractivity contribution in [2.45, 2.75) is 43.3 Å². The van der Waals surface area contributed by atoms with Gasteiger partial charge in [0.2, 0.25) is 0 Å². The Morgan fingerprint density at radius 2 is 1.79 bits per heavy atom. The lowest BCUT2D eigenvalue weighted by Crippen LogP contribution is -2.30. The van der Waals surface area contributed by atoms with Crippen molar-refractivity contribution in [3.63, 3.8) is 0 Å². The van der Waals surface area contributed by atoms with Gasteiger partial charge in [-0.05, 0) is 51.3 Å². The van der Waals surface area contributed by atoms with Crippen molar-refractivity contribution in [2.75, 3.05) is 23.7 Å². The molecule has 106 valence electrons. The molecule has 1 aromatic rings. The first-order chi connectivity index (χ1) is 8.93. The number of piperidine rings is 1. The van der Waals surface area contributed by atoms with Crippen LogP contribution in [0.2, 0.25) is 0 Å². The van der Waals surface area contributed by atoms with Gasteiger partial charge in [0.25, 0.3) is 0 Å². The first-order valence-corrected chi connectivity index (χ1v) is 8.36. The summed E-state index contributed by atoms with van der Waals surface area (Å²) >= 11 is 0. The minimum atomic E-state index is -3.25. The van der Waals surface area contributed by atoms with Gasteiger partial charge in [-0.1, -0.05) is 0 Å². The topological polar surface area (TPSA) is 63.4 Å². The van der Waals surface area contributed by atoms with E-state index < -0.39 is 15.1 Å². The Morgan fingerprint density at radius 3 is 2.32 bits per heavy atom. The second kappa shape index (κ2) is 5.41. The predicted molar refractivity (Wildman–Crippen MR) is 79.2 cm³/mol. The highest BCUT2D eigenvalue weighted by atomic mass is 32.2. The summed E-state index contributed by atoms with van der Waals surface area (Å²) in [7, 11) is -3.25. The molecule has 1 aliphatic heterocycles. The molecule has 0 radical (unpaired) electrons. The molecule has 1 aliphatic rings. The highest BCUT2D eigenvalue weighted by Crippen LogP contribution is 2.29. The van der Waals surface area contributed by atoms with Gasteiger partial charge in [0.1, 0.15) is 0 Å². The Labute approximate surface area is 115 Å². The monoisotopic (exact) mass is 282 g/mol. The first kappa shape index (κ1) is 14.2. The van der Waals surface area contributed by atoms with Gasteiger partial charge in [0.15, 0.2) is 9.84 Å². The van der Waals surface area contributed by atoms with Gasteiger partial charge in [-0.3, -0.25) is 0 Å². The number of rotatable bonds is 3. The SMILES string of the molecule is CC(C)S(=O)(=O)c1ccc(N2CCCCC2)c(N)c1. The standard InChI is InChI=1S/C14H22N2O2S/c1-11(2)19(17,18)12-6-7-14(13(15)10-12)16-8-4-3-5-9-16/h6-7,10-11H,3-5,8-9,15H2,1-2H3. The average molecular weight is 282 g/mol. The molecule has 2 N–H and O–H groups in total. The first-order valence-electron chi connectivity index (χ1n) is 6.81. The highest BCUT2D eigenvalue weighted by Gasteiger charge is 2.21. The largest absolute Gasteiger partial charge is 0.397 e. The third-order valence-electron chi connectivity index (χ3n) is 3.64. The van der Waals surface area contributed by atoms with Gasteiger partial charge in [-0.15, -0.1) is 0 Å². The number of hydrogen-bond acceptors (Lipinski definition) is 4. The van der Waals surface area contributed by atoms with Crippen molar-refractivity contribution >= 4 is 21.2 Å². The van der Waals surface area contributed by atoms with Crippen LogP contribution >= 0.6 is 0 Å². The molecule has 0 spiro atoms. The van der Waals surface area contributed by atoms with Crippen molar-refractivity contribution in [1.29, 1.82) is 0 Å². The number of sulfone groups is 1. The molecule has 0 bridgehead atoms. The Kier molecular flexibility index (Phi) is 4.04. The summed E-state index contributed by atoms with van der Waals surface area (Å²) in [6.07, 6.45) is 3.60. The lowest BCUT2D eigenvalue weighted by molar-refractivity contribution is 0.578. The molecule has 4 nitrogen and oxygen atoms in total. The summed E-state index contributed by atoms with van der Waals surface area (Å²) in [5, 5.41) is -0.423. The van der Waals surface area contributed by atoms with Crippen LogP contribution in [0.15, 0.2) is 23.1 Å². The molecule has 1 saturated heterocycles. The summed E-state index contributed by atoms with van der Waals surface area (Å²) in [5.41, 5.74) is 7.56. The van der Waals surface area contributed by atoms with E-state index in [-0.39, 0.29) is 0 Å². The molecule has 1 heterocycles. The molecular weight excluding hydrogens is 260 g/mol. The molecule has 0 atom stereocenters. The molecule has 0 aliphatic carbocycles. The van der Waals surface area contributed by atoms with Crippen LogP contribution < -0.4 is 10.6 Å². The van der Waals surface area contributed by atoms with Crippen molar-refractivity contribution in [2.24, 2.45) is 0 Å². The van der Waals surface area contributed by atoms with E-state index >= 15 is 0 Å². The van der Waals surface area contributed by atoms with Crippen molar-refractivity contribution in [3.8, 4) is 0 Å². The Hall–Kier alpha value is -1.23. The number of hydrogen-bond donors (Lipinski definition) is 1. The molecule has 0 unspecified atom stereocenters. The molecule has 1 fully saturated rings. The summed E-state index contributed by atoms with van der Waals surface area (Å²) in [6, 6.07) is 5.12. The van der Waals surface area contributed by atoms with E-state index in [9.17, 15) is 8.42 Å². The van der Waals surface area contributed by atoms with Crippen LogP contribution in [0.3, 0.4) is 0 Å². The maximum absolute atomic E-state index is 12.1. The fourth-order valence-electron chi connectivity index (χ4n) is 2.40. The van der Waals surface area contributed by atoms with E-state index in [0.29, 0.717) is 10.6 Å². The van der Waals surface area contributed by atoms with Gasteiger partial charge >= 0.3 is 0 Å². The number of nitrogens with zero attached hydrogens (tertiary/aromatic N) is 1. The molecule has 2 rings (SSSR count). The van der Waals surface area contributed by atoms with E-state index in [1.54, 1.807) is 26.0 Å². The molecule has 0 saturated carbocycles. The zero-order chi connectivity index (χ0) is 14.0. The van der Waals surface area contributed by atoms with E-state index in [0.717, 1.165) is 18.8 Å². The Bertz CT molecular complexity index is 547. The number of nitrogens with two attached hydrogens (primary N) is 1. The molecule has 19 heavy (non-hydrogen) atoms. The van der Waals surface area contributed by atoms with Crippen LogP contribution in [0.25, 0.3) is 0 Å². The van der Waals surface area contributed by atoms with E-state index in [4.69, 9.17) is 5.73 Å². The van der Waals surface area contributed by atoms with Gasteiger partial charge in [-0.25, -0.2) is 8.42 Å². The zero-order valence-corrected chi connectivity index (χ0v) is 12.4. The zero-order valence-electron chi connectivity index (χ0n) is 11.6.